The molecule has 5 aliphatic rings. The summed E-state index contributed by atoms with van der Waals surface area (Å²) in [6.45, 7) is 19.7. The van der Waals surface area contributed by atoms with Crippen molar-refractivity contribution in [2.24, 2.45) is 45.3 Å². The molecular formula is C32H54O5. The highest BCUT2D eigenvalue weighted by Gasteiger charge is 2.72. The van der Waals surface area contributed by atoms with Gasteiger partial charge in [0.15, 0.2) is 0 Å². The van der Waals surface area contributed by atoms with Crippen LogP contribution in [0.25, 0.3) is 0 Å². The van der Waals surface area contributed by atoms with E-state index in [2.05, 4.69) is 41.5 Å². The zero-order chi connectivity index (χ0) is 27.4. The largest absolute Gasteiger partial charge is 0.462 e. The van der Waals surface area contributed by atoms with Gasteiger partial charge in [-0.2, -0.15) is 0 Å². The minimum Gasteiger partial charge on any atom is -0.462 e. The van der Waals surface area contributed by atoms with Gasteiger partial charge < -0.3 is 19.7 Å². The second kappa shape index (κ2) is 8.43. The molecule has 2 N–H and O–H groups in total. The molecule has 0 radical (unpaired) electrons. The Morgan fingerprint density at radius 2 is 1.54 bits per heavy atom. The lowest BCUT2D eigenvalue weighted by Gasteiger charge is -2.71. The average molecular weight is 519 g/mol. The lowest BCUT2D eigenvalue weighted by molar-refractivity contribution is -0.261. The maximum atomic E-state index is 12.5. The van der Waals surface area contributed by atoms with Crippen LogP contribution in [-0.4, -0.2) is 45.7 Å². The van der Waals surface area contributed by atoms with Gasteiger partial charge in [-0.15, -0.1) is 0 Å². The smallest absolute Gasteiger partial charge is 0.302 e. The molecule has 1 heterocycles. The van der Waals surface area contributed by atoms with Crippen molar-refractivity contribution in [1.29, 1.82) is 0 Å². The van der Waals surface area contributed by atoms with Gasteiger partial charge in [0.1, 0.15) is 6.10 Å². The second-order valence-electron chi connectivity index (χ2n) is 16.0. The first-order valence-corrected chi connectivity index (χ1v) is 15.2. The first kappa shape index (κ1) is 27.9. The van der Waals surface area contributed by atoms with E-state index in [1.807, 2.05) is 13.8 Å². The van der Waals surface area contributed by atoms with E-state index in [-0.39, 0.29) is 57.5 Å². The van der Waals surface area contributed by atoms with Crippen molar-refractivity contribution in [1.82, 2.24) is 0 Å². The number of aliphatic hydroxyl groups excluding tert-OH is 1. The van der Waals surface area contributed by atoms with E-state index in [0.717, 1.165) is 51.4 Å². The molecule has 11 atom stereocenters. The normalized spacial score (nSPS) is 53.2. The number of fused-ring (bicyclic) bond motifs is 5. The molecular weight excluding hydrogens is 464 g/mol. The van der Waals surface area contributed by atoms with Crippen LogP contribution in [0.3, 0.4) is 0 Å². The van der Waals surface area contributed by atoms with E-state index in [1.165, 1.54) is 6.42 Å². The van der Waals surface area contributed by atoms with Gasteiger partial charge in [-0.3, -0.25) is 4.79 Å². The predicted octanol–water partition coefficient (Wildman–Crippen LogP) is 6.28. The molecule has 1 saturated heterocycles. The summed E-state index contributed by atoms with van der Waals surface area (Å²) in [6.07, 6.45) is 8.65. The Kier molecular flexibility index (Phi) is 6.35. The Morgan fingerprint density at radius 3 is 2.14 bits per heavy atom. The third-order valence-electron chi connectivity index (χ3n) is 13.5. The number of aliphatic hydroxyl groups is 2. The van der Waals surface area contributed by atoms with Crippen LogP contribution >= 0.6 is 0 Å². The van der Waals surface area contributed by atoms with Gasteiger partial charge in [0.2, 0.25) is 0 Å². The monoisotopic (exact) mass is 518 g/mol. The van der Waals surface area contributed by atoms with Gasteiger partial charge in [-0.05, 0) is 118 Å². The number of carbonyl (C=O) groups excluding carboxylic acids is 1. The van der Waals surface area contributed by atoms with Crippen LogP contribution in [0.1, 0.15) is 120 Å². The molecule has 0 amide bonds. The van der Waals surface area contributed by atoms with Crippen LogP contribution in [0.15, 0.2) is 0 Å². The molecule has 5 rings (SSSR count). The van der Waals surface area contributed by atoms with Crippen molar-refractivity contribution in [2.45, 2.75) is 150 Å². The zero-order valence-electron chi connectivity index (χ0n) is 25.0. The predicted molar refractivity (Wildman–Crippen MR) is 145 cm³/mol. The lowest BCUT2D eigenvalue weighted by Crippen LogP contribution is -2.68. The van der Waals surface area contributed by atoms with Gasteiger partial charge >= 0.3 is 5.97 Å². The highest BCUT2D eigenvalue weighted by Crippen LogP contribution is 2.76. The minimum atomic E-state index is -0.838. The number of esters is 1. The molecule has 1 aliphatic heterocycles. The maximum absolute atomic E-state index is 12.5. The Bertz CT molecular complexity index is 923. The molecule has 0 aromatic carbocycles. The number of rotatable bonds is 3. The Labute approximate surface area is 225 Å². The van der Waals surface area contributed by atoms with Crippen LogP contribution in [0.4, 0.5) is 0 Å². The summed E-state index contributed by atoms with van der Waals surface area (Å²) in [4.78, 5) is 12.5. The van der Waals surface area contributed by atoms with Crippen LogP contribution in [0.2, 0.25) is 0 Å². The summed E-state index contributed by atoms with van der Waals surface area (Å²) in [7, 11) is 0. The number of hydrogen-bond donors (Lipinski definition) is 2. The molecule has 5 heteroatoms. The highest BCUT2D eigenvalue weighted by atomic mass is 16.5. The summed E-state index contributed by atoms with van der Waals surface area (Å²) in [6, 6.07) is 0. The van der Waals surface area contributed by atoms with Gasteiger partial charge in [0.25, 0.3) is 0 Å². The minimum absolute atomic E-state index is 0.0294. The topological polar surface area (TPSA) is 76.0 Å². The van der Waals surface area contributed by atoms with Crippen molar-refractivity contribution in [3.8, 4) is 0 Å². The van der Waals surface area contributed by atoms with E-state index < -0.39 is 5.60 Å². The van der Waals surface area contributed by atoms with Crippen molar-refractivity contribution >= 4 is 5.97 Å². The molecule has 0 aromatic heterocycles. The third kappa shape index (κ3) is 3.83. The molecule has 0 bridgehead atoms. The van der Waals surface area contributed by atoms with E-state index in [0.29, 0.717) is 17.8 Å². The first-order valence-electron chi connectivity index (χ1n) is 15.2. The molecule has 4 saturated carbocycles. The first-order chi connectivity index (χ1) is 16.9. The summed E-state index contributed by atoms with van der Waals surface area (Å²) in [5.74, 6) is 1.36. The Hall–Kier alpha value is -0.650. The number of ether oxygens (including phenoxy) is 2. The van der Waals surface area contributed by atoms with Gasteiger partial charge in [-0.1, -0.05) is 34.6 Å². The molecule has 212 valence electrons. The van der Waals surface area contributed by atoms with Crippen LogP contribution in [-0.2, 0) is 14.3 Å². The summed E-state index contributed by atoms with van der Waals surface area (Å²) < 4.78 is 13.1. The van der Waals surface area contributed by atoms with Crippen molar-refractivity contribution < 1.29 is 24.5 Å². The summed E-state index contributed by atoms with van der Waals surface area (Å²) in [5, 5.41) is 21.7. The molecule has 2 unspecified atom stereocenters. The molecule has 5 fully saturated rings. The van der Waals surface area contributed by atoms with Gasteiger partial charge in [-0.25, -0.2) is 0 Å². The average Bonchev–Trinajstić information content (AvgIpc) is 3.33. The van der Waals surface area contributed by atoms with Crippen LogP contribution in [0, 0.1) is 45.3 Å². The summed E-state index contributed by atoms with van der Waals surface area (Å²) in [5.41, 5.74) is -1.00. The number of hydrogen-bond acceptors (Lipinski definition) is 5. The Morgan fingerprint density at radius 1 is 0.892 bits per heavy atom. The Balaban J connectivity index is 1.54. The molecule has 37 heavy (non-hydrogen) atoms. The SMILES string of the molecule is CC(=O)O[C@@H]1C[C@@H]2[C@@H]([C@@]3(C)CC[C@@H](C(C)(C)O)O3)CC[C@@]2(C)[C@]2(C)CCC3C(C)(C)[C@@H](O)CC[C@]3(C)C12. The summed E-state index contributed by atoms with van der Waals surface area (Å²) >= 11 is 0. The van der Waals surface area contributed by atoms with E-state index >= 15 is 0 Å². The quantitative estimate of drug-likeness (QED) is 0.430. The molecule has 5 nitrogen and oxygen atoms in total. The maximum Gasteiger partial charge on any atom is 0.302 e. The van der Waals surface area contributed by atoms with Gasteiger partial charge in [0, 0.05) is 12.8 Å². The van der Waals surface area contributed by atoms with Crippen molar-refractivity contribution in [2.75, 3.05) is 0 Å². The third-order valence-corrected chi connectivity index (χ3v) is 13.5. The molecule has 4 aliphatic carbocycles. The van der Waals surface area contributed by atoms with E-state index in [1.54, 1.807) is 6.92 Å². The van der Waals surface area contributed by atoms with Crippen LogP contribution < -0.4 is 0 Å². The second-order valence-corrected chi connectivity index (χ2v) is 16.0. The van der Waals surface area contributed by atoms with E-state index in [9.17, 15) is 15.0 Å². The zero-order valence-corrected chi connectivity index (χ0v) is 25.0. The van der Waals surface area contributed by atoms with Gasteiger partial charge in [0.05, 0.1) is 23.4 Å². The fourth-order valence-electron chi connectivity index (χ4n) is 11.4. The highest BCUT2D eigenvalue weighted by molar-refractivity contribution is 5.66. The molecule has 0 spiro atoms. The number of carbonyl (C=O) groups is 1. The lowest BCUT2D eigenvalue weighted by atomic mass is 9.35. The van der Waals surface area contributed by atoms with Crippen molar-refractivity contribution in [3.05, 3.63) is 0 Å². The standard InChI is InChI=1S/C32H54O5/c1-19(33)36-22-18-21-20(32(9)17-13-25(37-32)28(4,5)35)10-15-30(21,7)31(8)16-11-23-27(2,3)24(34)12-14-29(23,6)26(22)31/h20-26,34-35H,10-18H2,1-9H3/t20-,21+,22+,23?,24-,25-,26?,29-,30+,31+,32+/m0/s1. The van der Waals surface area contributed by atoms with Crippen LogP contribution in [0.5, 0.6) is 0 Å². The fourth-order valence-corrected chi connectivity index (χ4v) is 11.4. The van der Waals surface area contributed by atoms with Crippen molar-refractivity contribution in [3.63, 3.8) is 0 Å². The van der Waals surface area contributed by atoms with E-state index in [4.69, 9.17) is 9.47 Å². The fraction of sp³-hybridized carbons (Fsp3) is 0.969. The molecule has 0 aromatic rings.